The van der Waals surface area contributed by atoms with Crippen LogP contribution in [-0.2, 0) is 4.79 Å². The molecule has 1 N–H and O–H groups in total. The van der Waals surface area contributed by atoms with Crippen molar-refractivity contribution in [3.05, 3.63) is 0 Å². The number of carbonyl (C=O) groups is 1. The Labute approximate surface area is 73.0 Å². The van der Waals surface area contributed by atoms with Crippen LogP contribution < -0.4 is 0 Å². The van der Waals surface area contributed by atoms with Crippen LogP contribution in [0.1, 0.15) is 38.5 Å². The molecule has 0 radical (unpaired) electrons. The van der Waals surface area contributed by atoms with Gasteiger partial charge in [0, 0.05) is 0 Å². The van der Waals surface area contributed by atoms with Crippen LogP contribution >= 0.6 is 0 Å². The number of hydrogen-bond acceptors (Lipinski definition) is 1. The van der Waals surface area contributed by atoms with Crippen LogP contribution in [0.3, 0.4) is 0 Å². The van der Waals surface area contributed by atoms with E-state index in [9.17, 15) is 4.79 Å². The highest BCUT2D eigenvalue weighted by Gasteiger charge is 2.40. The van der Waals surface area contributed by atoms with Crippen LogP contribution in [0, 0.1) is 17.8 Å². The van der Waals surface area contributed by atoms with Gasteiger partial charge in [-0.2, -0.15) is 0 Å². The minimum absolute atomic E-state index is 0.00435. The normalized spacial score (nSPS) is 40.8. The summed E-state index contributed by atoms with van der Waals surface area (Å²) < 4.78 is 0. The molecule has 0 amide bonds. The summed E-state index contributed by atoms with van der Waals surface area (Å²) in [5.74, 6) is 0.718. The summed E-state index contributed by atoms with van der Waals surface area (Å²) in [6.45, 7) is 0. The summed E-state index contributed by atoms with van der Waals surface area (Å²) >= 11 is 0. The van der Waals surface area contributed by atoms with E-state index < -0.39 is 5.97 Å². The lowest BCUT2D eigenvalue weighted by Gasteiger charge is -2.27. The van der Waals surface area contributed by atoms with Gasteiger partial charge < -0.3 is 5.11 Å². The van der Waals surface area contributed by atoms with E-state index >= 15 is 0 Å². The molecule has 0 spiro atoms. The third kappa shape index (κ3) is 1.23. The summed E-state index contributed by atoms with van der Waals surface area (Å²) in [5.41, 5.74) is 0. The molecule has 2 saturated carbocycles. The summed E-state index contributed by atoms with van der Waals surface area (Å²) in [6.07, 6.45) is 7.14. The number of rotatable bonds is 1. The first-order valence-corrected chi connectivity index (χ1v) is 5.02. The van der Waals surface area contributed by atoms with E-state index in [0.29, 0.717) is 5.92 Å². The molecule has 0 aromatic heterocycles. The Hall–Kier alpha value is -0.530. The average Bonchev–Trinajstić information content (AvgIpc) is 2.47. The number of carboxylic acids is 1. The second-order valence-corrected chi connectivity index (χ2v) is 4.23. The van der Waals surface area contributed by atoms with Crippen LogP contribution in [0.15, 0.2) is 0 Å². The maximum absolute atomic E-state index is 10.9. The summed E-state index contributed by atoms with van der Waals surface area (Å²) in [7, 11) is 0. The molecule has 0 unspecified atom stereocenters. The van der Waals surface area contributed by atoms with E-state index in [-0.39, 0.29) is 5.92 Å². The molecule has 0 aliphatic heterocycles. The molecule has 68 valence electrons. The minimum atomic E-state index is -0.551. The third-order valence-electron chi connectivity index (χ3n) is 3.65. The molecule has 2 fully saturated rings. The summed E-state index contributed by atoms with van der Waals surface area (Å²) in [6, 6.07) is 0. The molecule has 2 nitrogen and oxygen atoms in total. The Morgan fingerprint density at radius 3 is 2.58 bits per heavy atom. The van der Waals surface area contributed by atoms with Crippen molar-refractivity contribution in [1.82, 2.24) is 0 Å². The number of carboxylic acid groups (broad SMARTS) is 1. The van der Waals surface area contributed by atoms with Gasteiger partial charge in [0.2, 0.25) is 0 Å². The van der Waals surface area contributed by atoms with Crippen molar-refractivity contribution in [1.29, 1.82) is 0 Å². The van der Waals surface area contributed by atoms with Gasteiger partial charge in [0.25, 0.3) is 0 Å². The molecule has 0 aromatic carbocycles. The molecule has 2 aliphatic carbocycles. The van der Waals surface area contributed by atoms with E-state index in [1.165, 1.54) is 32.1 Å². The zero-order chi connectivity index (χ0) is 8.55. The third-order valence-corrected chi connectivity index (χ3v) is 3.65. The van der Waals surface area contributed by atoms with Crippen LogP contribution in [0.2, 0.25) is 0 Å². The molecule has 0 bridgehead atoms. The molecule has 0 heterocycles. The standard InChI is InChI=1S/C10H16O2/c11-10(12)9-6-5-7-3-1-2-4-8(7)9/h7-9H,1-6H2,(H,11,12)/t7-,8+,9+/m0/s1. The van der Waals surface area contributed by atoms with Crippen molar-refractivity contribution in [3.8, 4) is 0 Å². The number of hydrogen-bond donors (Lipinski definition) is 1. The smallest absolute Gasteiger partial charge is 0.306 e. The first-order valence-electron chi connectivity index (χ1n) is 5.02. The van der Waals surface area contributed by atoms with Crippen LogP contribution in [0.5, 0.6) is 0 Å². The maximum atomic E-state index is 10.9. The fourth-order valence-corrected chi connectivity index (χ4v) is 3.04. The van der Waals surface area contributed by atoms with Gasteiger partial charge in [-0.05, 0) is 31.1 Å². The average molecular weight is 168 g/mol. The Bertz CT molecular complexity index is 188. The van der Waals surface area contributed by atoms with E-state index in [1.807, 2.05) is 0 Å². The predicted octanol–water partition coefficient (Wildman–Crippen LogP) is 2.29. The Balaban J connectivity index is 2.05. The highest BCUT2D eigenvalue weighted by molar-refractivity contribution is 5.70. The van der Waals surface area contributed by atoms with Crippen molar-refractivity contribution in [2.24, 2.45) is 17.8 Å². The van der Waals surface area contributed by atoms with Gasteiger partial charge in [-0.1, -0.05) is 19.3 Å². The second-order valence-electron chi connectivity index (χ2n) is 4.23. The lowest BCUT2D eigenvalue weighted by molar-refractivity contribution is -0.143. The molecule has 0 saturated heterocycles. The highest BCUT2D eigenvalue weighted by Crippen LogP contribution is 2.45. The first kappa shape index (κ1) is 8.09. The van der Waals surface area contributed by atoms with Gasteiger partial charge in [-0.25, -0.2) is 0 Å². The molecule has 2 aliphatic rings. The number of fused-ring (bicyclic) bond motifs is 1. The maximum Gasteiger partial charge on any atom is 0.306 e. The second kappa shape index (κ2) is 3.08. The fraction of sp³-hybridized carbons (Fsp3) is 0.900. The Morgan fingerprint density at radius 1 is 1.08 bits per heavy atom. The minimum Gasteiger partial charge on any atom is -0.481 e. The zero-order valence-electron chi connectivity index (χ0n) is 7.33. The monoisotopic (exact) mass is 168 g/mol. The van der Waals surface area contributed by atoms with E-state index in [1.54, 1.807) is 0 Å². The van der Waals surface area contributed by atoms with Gasteiger partial charge in [0.1, 0.15) is 0 Å². The van der Waals surface area contributed by atoms with Crippen molar-refractivity contribution in [2.75, 3.05) is 0 Å². The summed E-state index contributed by atoms with van der Waals surface area (Å²) in [4.78, 5) is 10.9. The Kier molecular flexibility index (Phi) is 2.07. The predicted molar refractivity (Wildman–Crippen MR) is 45.8 cm³/mol. The Morgan fingerprint density at radius 2 is 1.83 bits per heavy atom. The quantitative estimate of drug-likeness (QED) is 0.652. The van der Waals surface area contributed by atoms with Crippen LogP contribution in [-0.4, -0.2) is 11.1 Å². The SMILES string of the molecule is O=C(O)[C@@H]1CC[C@@H]2CCCC[C@H]21. The van der Waals surface area contributed by atoms with Crippen molar-refractivity contribution < 1.29 is 9.90 Å². The molecule has 2 rings (SSSR count). The number of aliphatic carboxylic acids is 1. The first-order chi connectivity index (χ1) is 5.79. The fourth-order valence-electron chi connectivity index (χ4n) is 3.04. The van der Waals surface area contributed by atoms with Gasteiger partial charge in [0.05, 0.1) is 5.92 Å². The van der Waals surface area contributed by atoms with Crippen molar-refractivity contribution in [3.63, 3.8) is 0 Å². The molecule has 2 heteroatoms. The van der Waals surface area contributed by atoms with Gasteiger partial charge in [-0.3, -0.25) is 4.79 Å². The van der Waals surface area contributed by atoms with Gasteiger partial charge in [-0.15, -0.1) is 0 Å². The lowest BCUT2D eigenvalue weighted by atomic mass is 9.78. The zero-order valence-corrected chi connectivity index (χ0v) is 7.33. The van der Waals surface area contributed by atoms with Gasteiger partial charge >= 0.3 is 5.97 Å². The molecular formula is C10H16O2. The molecular weight excluding hydrogens is 152 g/mol. The van der Waals surface area contributed by atoms with Crippen LogP contribution in [0.4, 0.5) is 0 Å². The van der Waals surface area contributed by atoms with Crippen molar-refractivity contribution in [2.45, 2.75) is 38.5 Å². The van der Waals surface area contributed by atoms with Crippen LogP contribution in [0.25, 0.3) is 0 Å². The molecule has 3 atom stereocenters. The van der Waals surface area contributed by atoms with E-state index in [0.717, 1.165) is 12.3 Å². The van der Waals surface area contributed by atoms with Crippen molar-refractivity contribution >= 4 is 5.97 Å². The lowest BCUT2D eigenvalue weighted by Crippen LogP contribution is -2.24. The molecule has 0 aromatic rings. The van der Waals surface area contributed by atoms with E-state index in [2.05, 4.69) is 0 Å². The highest BCUT2D eigenvalue weighted by atomic mass is 16.4. The summed E-state index contributed by atoms with van der Waals surface area (Å²) in [5, 5.41) is 8.95. The topological polar surface area (TPSA) is 37.3 Å². The molecule has 12 heavy (non-hydrogen) atoms. The van der Waals surface area contributed by atoms with E-state index in [4.69, 9.17) is 5.11 Å². The van der Waals surface area contributed by atoms with Gasteiger partial charge in [0.15, 0.2) is 0 Å². The largest absolute Gasteiger partial charge is 0.481 e.